The van der Waals surface area contributed by atoms with Gasteiger partial charge in [0.05, 0.1) is 5.69 Å². The van der Waals surface area contributed by atoms with Crippen molar-refractivity contribution >= 4 is 0 Å². The fourth-order valence-corrected chi connectivity index (χ4v) is 1.39. The van der Waals surface area contributed by atoms with Crippen LogP contribution in [-0.4, -0.2) is 4.98 Å². The summed E-state index contributed by atoms with van der Waals surface area (Å²) >= 11 is 0. The first-order valence-corrected chi connectivity index (χ1v) is 4.77. The summed E-state index contributed by atoms with van der Waals surface area (Å²) in [7, 11) is 0. The smallest absolute Gasteiger partial charge is 0.0573 e. The minimum atomic E-state index is 0.0832. The number of hydrogen-bond donors (Lipinski definition) is 1. The van der Waals surface area contributed by atoms with Crippen molar-refractivity contribution in [3.8, 4) is 0 Å². The quantitative estimate of drug-likeness (QED) is 0.772. The van der Waals surface area contributed by atoms with Gasteiger partial charge in [0.1, 0.15) is 0 Å². The van der Waals surface area contributed by atoms with Gasteiger partial charge in [-0.1, -0.05) is 13.8 Å². The van der Waals surface area contributed by atoms with Crippen molar-refractivity contribution in [3.63, 3.8) is 0 Å². The maximum Gasteiger partial charge on any atom is 0.0573 e. The third kappa shape index (κ3) is 3.15. The Morgan fingerprint density at radius 3 is 2.69 bits per heavy atom. The average Bonchev–Trinajstić information content (AvgIpc) is 2.03. The third-order valence-corrected chi connectivity index (χ3v) is 2.04. The first-order chi connectivity index (χ1) is 6.09. The van der Waals surface area contributed by atoms with Gasteiger partial charge in [0.15, 0.2) is 0 Å². The zero-order valence-electron chi connectivity index (χ0n) is 8.62. The van der Waals surface area contributed by atoms with Crippen molar-refractivity contribution in [2.45, 2.75) is 33.2 Å². The van der Waals surface area contributed by atoms with Crippen molar-refractivity contribution in [3.05, 3.63) is 29.6 Å². The van der Waals surface area contributed by atoms with Crippen LogP contribution in [0.2, 0.25) is 0 Å². The molecular weight excluding hydrogens is 160 g/mol. The lowest BCUT2D eigenvalue weighted by Gasteiger charge is -2.13. The van der Waals surface area contributed by atoms with Gasteiger partial charge in [-0.15, -0.1) is 0 Å². The Morgan fingerprint density at radius 1 is 1.46 bits per heavy atom. The summed E-state index contributed by atoms with van der Waals surface area (Å²) in [6.07, 6.45) is 2.82. The van der Waals surface area contributed by atoms with E-state index >= 15 is 0 Å². The maximum absolute atomic E-state index is 6.00. The molecular formula is C11H18N2. The molecule has 2 N–H and O–H groups in total. The highest BCUT2D eigenvalue weighted by atomic mass is 14.8. The SMILES string of the molecule is Cc1ccnc(C(N)CC(C)C)c1. The summed E-state index contributed by atoms with van der Waals surface area (Å²) in [4.78, 5) is 4.27. The minimum Gasteiger partial charge on any atom is -0.323 e. The zero-order valence-corrected chi connectivity index (χ0v) is 8.62. The van der Waals surface area contributed by atoms with Crippen LogP contribution in [0.15, 0.2) is 18.3 Å². The molecule has 0 aliphatic carbocycles. The van der Waals surface area contributed by atoms with Crippen LogP contribution < -0.4 is 5.73 Å². The van der Waals surface area contributed by atoms with Crippen LogP contribution in [0, 0.1) is 12.8 Å². The summed E-state index contributed by atoms with van der Waals surface area (Å²) in [6, 6.07) is 4.14. The lowest BCUT2D eigenvalue weighted by molar-refractivity contribution is 0.502. The number of hydrogen-bond acceptors (Lipinski definition) is 2. The van der Waals surface area contributed by atoms with Gasteiger partial charge in [0.25, 0.3) is 0 Å². The van der Waals surface area contributed by atoms with E-state index in [0.717, 1.165) is 12.1 Å². The van der Waals surface area contributed by atoms with E-state index < -0.39 is 0 Å². The molecule has 0 aromatic carbocycles. The molecule has 0 amide bonds. The number of pyridine rings is 1. The highest BCUT2D eigenvalue weighted by Gasteiger charge is 2.08. The molecule has 1 aromatic rings. The largest absolute Gasteiger partial charge is 0.323 e. The number of aryl methyl sites for hydroxylation is 1. The second kappa shape index (κ2) is 4.38. The Kier molecular flexibility index (Phi) is 3.43. The molecule has 0 saturated heterocycles. The van der Waals surface area contributed by atoms with Gasteiger partial charge >= 0.3 is 0 Å². The Labute approximate surface area is 80.2 Å². The lowest BCUT2D eigenvalue weighted by Crippen LogP contribution is -2.14. The van der Waals surface area contributed by atoms with Crippen LogP contribution in [0.25, 0.3) is 0 Å². The Hall–Kier alpha value is -0.890. The van der Waals surface area contributed by atoms with Gasteiger partial charge < -0.3 is 5.73 Å². The molecule has 13 heavy (non-hydrogen) atoms. The molecule has 1 aromatic heterocycles. The molecule has 0 fully saturated rings. The molecule has 0 aliphatic heterocycles. The van der Waals surface area contributed by atoms with Gasteiger partial charge in [-0.05, 0) is 37.0 Å². The number of aromatic nitrogens is 1. The maximum atomic E-state index is 6.00. The zero-order chi connectivity index (χ0) is 9.84. The summed E-state index contributed by atoms with van der Waals surface area (Å²) in [6.45, 7) is 6.42. The van der Waals surface area contributed by atoms with Crippen molar-refractivity contribution < 1.29 is 0 Å². The van der Waals surface area contributed by atoms with Crippen molar-refractivity contribution in [2.24, 2.45) is 11.7 Å². The van der Waals surface area contributed by atoms with Crippen LogP contribution in [0.5, 0.6) is 0 Å². The van der Waals surface area contributed by atoms with E-state index in [2.05, 4.69) is 31.8 Å². The Balaban J connectivity index is 2.71. The highest BCUT2D eigenvalue weighted by Crippen LogP contribution is 2.16. The van der Waals surface area contributed by atoms with Crippen molar-refractivity contribution in [1.29, 1.82) is 0 Å². The molecule has 1 heterocycles. The monoisotopic (exact) mass is 178 g/mol. The topological polar surface area (TPSA) is 38.9 Å². The molecule has 0 bridgehead atoms. The summed E-state index contributed by atoms with van der Waals surface area (Å²) in [5, 5.41) is 0. The predicted octanol–water partition coefficient (Wildman–Crippen LogP) is 2.44. The normalized spacial score (nSPS) is 13.3. The number of nitrogens with zero attached hydrogens (tertiary/aromatic N) is 1. The van der Waals surface area contributed by atoms with E-state index in [4.69, 9.17) is 5.73 Å². The first-order valence-electron chi connectivity index (χ1n) is 4.77. The molecule has 72 valence electrons. The Morgan fingerprint density at radius 2 is 2.15 bits per heavy atom. The highest BCUT2D eigenvalue weighted by molar-refractivity contribution is 5.16. The van der Waals surface area contributed by atoms with E-state index in [1.54, 1.807) is 0 Å². The fourth-order valence-electron chi connectivity index (χ4n) is 1.39. The van der Waals surface area contributed by atoms with Crippen LogP contribution >= 0.6 is 0 Å². The molecule has 0 saturated carbocycles. The minimum absolute atomic E-state index is 0.0832. The van der Waals surface area contributed by atoms with E-state index in [-0.39, 0.29) is 6.04 Å². The second-order valence-corrected chi connectivity index (χ2v) is 3.99. The Bertz CT molecular complexity index is 269. The molecule has 1 atom stereocenters. The van der Waals surface area contributed by atoms with Crippen LogP contribution in [0.1, 0.15) is 37.6 Å². The van der Waals surface area contributed by atoms with E-state index in [0.29, 0.717) is 5.92 Å². The molecule has 1 unspecified atom stereocenters. The summed E-state index contributed by atoms with van der Waals surface area (Å²) in [5.74, 6) is 0.623. The number of rotatable bonds is 3. The molecule has 0 radical (unpaired) electrons. The molecule has 1 rings (SSSR count). The van der Waals surface area contributed by atoms with Gasteiger partial charge in [0, 0.05) is 12.2 Å². The third-order valence-electron chi connectivity index (χ3n) is 2.04. The van der Waals surface area contributed by atoms with Gasteiger partial charge in [-0.2, -0.15) is 0 Å². The van der Waals surface area contributed by atoms with Gasteiger partial charge in [-0.3, -0.25) is 4.98 Å². The van der Waals surface area contributed by atoms with Crippen molar-refractivity contribution in [2.75, 3.05) is 0 Å². The molecule has 2 heteroatoms. The van der Waals surface area contributed by atoms with Crippen LogP contribution in [0.4, 0.5) is 0 Å². The summed E-state index contributed by atoms with van der Waals surface area (Å²) in [5.41, 5.74) is 8.24. The van der Waals surface area contributed by atoms with Gasteiger partial charge in [0.2, 0.25) is 0 Å². The van der Waals surface area contributed by atoms with E-state index in [1.165, 1.54) is 5.56 Å². The average molecular weight is 178 g/mol. The molecule has 0 aliphatic rings. The van der Waals surface area contributed by atoms with E-state index in [9.17, 15) is 0 Å². The first kappa shape index (κ1) is 10.2. The summed E-state index contributed by atoms with van der Waals surface area (Å²) < 4.78 is 0. The van der Waals surface area contributed by atoms with Gasteiger partial charge in [-0.25, -0.2) is 0 Å². The van der Waals surface area contributed by atoms with Crippen LogP contribution in [0.3, 0.4) is 0 Å². The molecule has 0 spiro atoms. The molecule has 2 nitrogen and oxygen atoms in total. The van der Waals surface area contributed by atoms with Crippen LogP contribution in [-0.2, 0) is 0 Å². The fraction of sp³-hybridized carbons (Fsp3) is 0.545. The van der Waals surface area contributed by atoms with E-state index in [1.807, 2.05) is 12.3 Å². The van der Waals surface area contributed by atoms with Crippen molar-refractivity contribution in [1.82, 2.24) is 4.98 Å². The lowest BCUT2D eigenvalue weighted by atomic mass is 10.0. The standard InChI is InChI=1S/C11H18N2/c1-8(2)6-10(12)11-7-9(3)4-5-13-11/h4-5,7-8,10H,6,12H2,1-3H3. The second-order valence-electron chi connectivity index (χ2n) is 3.99. The predicted molar refractivity (Wildman–Crippen MR) is 55.4 cm³/mol. The number of nitrogens with two attached hydrogens (primary N) is 1.